The van der Waals surface area contributed by atoms with Gasteiger partial charge in [-0.2, -0.15) is 10.1 Å². The van der Waals surface area contributed by atoms with E-state index in [2.05, 4.69) is 10.3 Å². The van der Waals surface area contributed by atoms with Crippen molar-refractivity contribution < 1.29 is 23.5 Å². The highest BCUT2D eigenvalue weighted by molar-refractivity contribution is 8.15. The van der Waals surface area contributed by atoms with E-state index in [-0.39, 0.29) is 18.2 Å². The van der Waals surface area contributed by atoms with Gasteiger partial charge in [0.15, 0.2) is 5.17 Å². The third-order valence-electron chi connectivity index (χ3n) is 6.28. The molecule has 0 spiro atoms. The molecule has 0 fully saturated rings. The van der Waals surface area contributed by atoms with Gasteiger partial charge in [-0.05, 0) is 59.7 Å². The van der Waals surface area contributed by atoms with E-state index in [9.17, 15) is 14.0 Å². The summed E-state index contributed by atoms with van der Waals surface area (Å²) in [5, 5.41) is 8.82. The van der Waals surface area contributed by atoms with Crippen molar-refractivity contribution in [3.63, 3.8) is 0 Å². The Morgan fingerprint density at radius 3 is 2.34 bits per heavy atom. The van der Waals surface area contributed by atoms with Crippen LogP contribution < -0.4 is 14.8 Å². The highest BCUT2D eigenvalue weighted by atomic mass is 32.2. The standard InChI is InChI=1S/C28H25FN4O4S/c1-36-19-11-7-17(8-12-19)23-15-24(18-9-13-20(37-2)14-10-18)33(32-23)28-31-27(35)25(38-28)16-26(34)30-22-6-4-3-5-21(22)29/h3-14,24-25H,15-16H2,1-2H3,(H,30,34)/t24-,25-/m0/s1. The number of nitrogens with one attached hydrogen (secondary N) is 1. The van der Waals surface area contributed by atoms with Gasteiger partial charge in [0.25, 0.3) is 5.91 Å². The van der Waals surface area contributed by atoms with Crippen LogP contribution in [0.15, 0.2) is 82.9 Å². The molecular formula is C28H25FN4O4S. The summed E-state index contributed by atoms with van der Waals surface area (Å²) in [6.45, 7) is 0. The molecule has 0 saturated heterocycles. The maximum Gasteiger partial charge on any atom is 0.262 e. The third-order valence-corrected chi connectivity index (χ3v) is 7.42. The first-order valence-corrected chi connectivity index (χ1v) is 12.8. The summed E-state index contributed by atoms with van der Waals surface area (Å²) in [5.74, 6) is 0.0539. The van der Waals surface area contributed by atoms with Crippen LogP contribution in [0.2, 0.25) is 0 Å². The number of amidine groups is 1. The summed E-state index contributed by atoms with van der Waals surface area (Å²) in [6, 6.07) is 21.0. The average molecular weight is 533 g/mol. The van der Waals surface area contributed by atoms with Crippen molar-refractivity contribution in [1.82, 2.24) is 5.01 Å². The number of ether oxygens (including phenoxy) is 2. The molecule has 2 aliphatic heterocycles. The molecule has 2 amide bonds. The van der Waals surface area contributed by atoms with Crippen LogP contribution in [0.1, 0.15) is 30.0 Å². The van der Waals surface area contributed by atoms with Crippen molar-refractivity contribution in [2.45, 2.75) is 24.1 Å². The summed E-state index contributed by atoms with van der Waals surface area (Å²) >= 11 is 1.19. The molecule has 10 heteroatoms. The minimum atomic E-state index is -0.728. The first kappa shape index (κ1) is 25.5. The van der Waals surface area contributed by atoms with Gasteiger partial charge in [0.1, 0.15) is 22.6 Å². The second kappa shape index (κ2) is 11.1. The number of benzene rings is 3. The normalized spacial score (nSPS) is 18.7. The zero-order valence-corrected chi connectivity index (χ0v) is 21.6. The number of hydrogen-bond donors (Lipinski definition) is 1. The molecule has 0 unspecified atom stereocenters. The van der Waals surface area contributed by atoms with E-state index in [0.717, 1.165) is 28.3 Å². The molecule has 1 N–H and O–H groups in total. The van der Waals surface area contributed by atoms with Crippen molar-refractivity contribution in [2.24, 2.45) is 10.1 Å². The number of halogens is 1. The third kappa shape index (κ3) is 5.40. The smallest absolute Gasteiger partial charge is 0.262 e. The Kier molecular flexibility index (Phi) is 7.41. The van der Waals surface area contributed by atoms with Crippen molar-refractivity contribution in [3.8, 4) is 11.5 Å². The number of hydrogen-bond acceptors (Lipinski definition) is 7. The number of nitrogens with zero attached hydrogens (tertiary/aromatic N) is 3. The van der Waals surface area contributed by atoms with Crippen LogP contribution in [0.25, 0.3) is 0 Å². The zero-order valence-electron chi connectivity index (χ0n) is 20.8. The van der Waals surface area contributed by atoms with E-state index in [4.69, 9.17) is 14.6 Å². The minimum absolute atomic E-state index is 0.0712. The average Bonchev–Trinajstić information content (AvgIpc) is 3.54. The lowest BCUT2D eigenvalue weighted by molar-refractivity contribution is -0.121. The van der Waals surface area contributed by atoms with Crippen LogP contribution in [-0.2, 0) is 9.59 Å². The van der Waals surface area contributed by atoms with Crippen molar-refractivity contribution in [1.29, 1.82) is 0 Å². The van der Waals surface area contributed by atoms with Gasteiger partial charge in [0, 0.05) is 12.8 Å². The number of para-hydroxylation sites is 1. The predicted molar refractivity (Wildman–Crippen MR) is 145 cm³/mol. The highest BCUT2D eigenvalue weighted by Crippen LogP contribution is 2.39. The fraction of sp³-hybridized carbons (Fsp3) is 0.214. The molecule has 194 valence electrons. The molecule has 38 heavy (non-hydrogen) atoms. The van der Waals surface area contributed by atoms with Crippen LogP contribution >= 0.6 is 11.8 Å². The monoisotopic (exact) mass is 532 g/mol. The SMILES string of the molecule is COc1ccc(C2=NN(C3=NC(=O)[C@H](CC(=O)Nc4ccccc4F)S3)[C@H](c3ccc(OC)cc3)C2)cc1. The zero-order chi connectivity index (χ0) is 26.6. The number of carbonyl (C=O) groups is 2. The number of carbonyl (C=O) groups excluding carboxylic acids is 2. The predicted octanol–water partition coefficient (Wildman–Crippen LogP) is 5.02. The fourth-order valence-corrected chi connectivity index (χ4v) is 5.33. The Labute approximate surface area is 223 Å². The van der Waals surface area contributed by atoms with Gasteiger partial charge < -0.3 is 14.8 Å². The Morgan fingerprint density at radius 1 is 1.03 bits per heavy atom. The quantitative estimate of drug-likeness (QED) is 0.459. The Morgan fingerprint density at radius 2 is 1.68 bits per heavy atom. The van der Waals surface area contributed by atoms with Crippen LogP contribution in [0.5, 0.6) is 11.5 Å². The molecule has 0 aliphatic carbocycles. The molecule has 8 nitrogen and oxygen atoms in total. The molecule has 3 aromatic carbocycles. The Bertz CT molecular complexity index is 1410. The number of aliphatic imine (C=N–C) groups is 1. The fourth-order valence-electron chi connectivity index (χ4n) is 4.27. The second-order valence-corrected chi connectivity index (χ2v) is 9.85. The van der Waals surface area contributed by atoms with Crippen LogP contribution in [0.4, 0.5) is 10.1 Å². The summed E-state index contributed by atoms with van der Waals surface area (Å²) in [5.41, 5.74) is 2.82. The highest BCUT2D eigenvalue weighted by Gasteiger charge is 2.39. The molecule has 2 aliphatic rings. The number of rotatable bonds is 7. The number of methoxy groups -OCH3 is 2. The molecule has 2 heterocycles. The molecule has 0 saturated carbocycles. The summed E-state index contributed by atoms with van der Waals surface area (Å²) in [6.07, 6.45) is 0.450. The first-order chi connectivity index (χ1) is 18.4. The molecule has 0 bridgehead atoms. The van der Waals surface area contributed by atoms with E-state index >= 15 is 0 Å². The Hall–Kier alpha value is -4.18. The molecule has 2 atom stereocenters. The summed E-state index contributed by atoms with van der Waals surface area (Å²) < 4.78 is 24.5. The molecular weight excluding hydrogens is 507 g/mol. The lowest BCUT2D eigenvalue weighted by Gasteiger charge is -2.23. The lowest BCUT2D eigenvalue weighted by Crippen LogP contribution is -2.25. The van der Waals surface area contributed by atoms with Gasteiger partial charge in [-0.25, -0.2) is 9.40 Å². The van der Waals surface area contributed by atoms with Gasteiger partial charge in [0.05, 0.1) is 31.7 Å². The van der Waals surface area contributed by atoms with E-state index in [0.29, 0.717) is 11.6 Å². The van der Waals surface area contributed by atoms with Gasteiger partial charge in [-0.1, -0.05) is 36.0 Å². The van der Waals surface area contributed by atoms with Crippen molar-refractivity contribution in [3.05, 3.63) is 89.7 Å². The minimum Gasteiger partial charge on any atom is -0.497 e. The maximum absolute atomic E-state index is 13.9. The largest absolute Gasteiger partial charge is 0.497 e. The number of anilines is 1. The van der Waals surface area contributed by atoms with Gasteiger partial charge in [-0.15, -0.1) is 0 Å². The first-order valence-electron chi connectivity index (χ1n) is 11.9. The van der Waals surface area contributed by atoms with E-state index < -0.39 is 22.9 Å². The lowest BCUT2D eigenvalue weighted by atomic mass is 9.98. The number of thioether (sulfide) groups is 1. The molecule has 3 aromatic rings. The van der Waals surface area contributed by atoms with Gasteiger partial charge in [0.2, 0.25) is 5.91 Å². The van der Waals surface area contributed by atoms with E-state index in [1.807, 2.05) is 48.5 Å². The van der Waals surface area contributed by atoms with Crippen LogP contribution in [-0.4, -0.2) is 47.2 Å². The van der Waals surface area contributed by atoms with Crippen molar-refractivity contribution in [2.75, 3.05) is 19.5 Å². The molecule has 5 rings (SSSR count). The van der Waals surface area contributed by atoms with Crippen molar-refractivity contribution >= 4 is 40.1 Å². The molecule has 0 radical (unpaired) electrons. The number of hydrazone groups is 1. The van der Waals surface area contributed by atoms with E-state index in [1.54, 1.807) is 25.3 Å². The summed E-state index contributed by atoms with van der Waals surface area (Å²) in [7, 11) is 3.22. The summed E-state index contributed by atoms with van der Waals surface area (Å²) in [4.78, 5) is 29.6. The Balaban J connectivity index is 1.36. The van der Waals surface area contributed by atoms with Crippen LogP contribution in [0, 0.1) is 5.82 Å². The van der Waals surface area contributed by atoms with E-state index in [1.165, 1.54) is 30.0 Å². The topological polar surface area (TPSA) is 92.6 Å². The second-order valence-electron chi connectivity index (χ2n) is 8.68. The number of amides is 2. The van der Waals surface area contributed by atoms with Gasteiger partial charge >= 0.3 is 0 Å². The maximum atomic E-state index is 13.9. The molecule has 0 aromatic heterocycles. The van der Waals surface area contributed by atoms with Crippen LogP contribution in [0.3, 0.4) is 0 Å². The van der Waals surface area contributed by atoms with Gasteiger partial charge in [-0.3, -0.25) is 9.59 Å².